The van der Waals surface area contributed by atoms with Crippen molar-refractivity contribution < 1.29 is 4.42 Å². The van der Waals surface area contributed by atoms with E-state index >= 15 is 0 Å². The summed E-state index contributed by atoms with van der Waals surface area (Å²) in [5, 5.41) is 9.40. The molecule has 10 aromatic rings. The molecule has 0 aliphatic heterocycles. The van der Waals surface area contributed by atoms with E-state index in [4.69, 9.17) is 19.4 Å². The van der Waals surface area contributed by atoms with Crippen LogP contribution in [0.2, 0.25) is 0 Å². The Morgan fingerprint density at radius 1 is 0.327 bits per heavy atom. The number of furan rings is 1. The molecular formula is C45H27N3O. The van der Waals surface area contributed by atoms with Gasteiger partial charge in [0, 0.05) is 27.5 Å². The van der Waals surface area contributed by atoms with E-state index in [9.17, 15) is 0 Å². The molecular weight excluding hydrogens is 599 g/mol. The van der Waals surface area contributed by atoms with E-state index in [1.807, 2.05) is 48.5 Å². The van der Waals surface area contributed by atoms with Crippen molar-refractivity contribution in [1.29, 1.82) is 0 Å². The summed E-state index contributed by atoms with van der Waals surface area (Å²) in [7, 11) is 0. The van der Waals surface area contributed by atoms with Crippen LogP contribution in [-0.2, 0) is 0 Å². The molecule has 0 radical (unpaired) electrons. The van der Waals surface area contributed by atoms with E-state index in [1.54, 1.807) is 0 Å². The molecule has 2 heterocycles. The molecule has 0 fully saturated rings. The van der Waals surface area contributed by atoms with Gasteiger partial charge in [-0.3, -0.25) is 0 Å². The molecule has 0 saturated carbocycles. The molecule has 10 rings (SSSR count). The summed E-state index contributed by atoms with van der Waals surface area (Å²) in [6, 6.07) is 56.9. The van der Waals surface area contributed by atoms with Gasteiger partial charge >= 0.3 is 0 Å². The maximum atomic E-state index is 6.21. The first-order valence-electron chi connectivity index (χ1n) is 16.4. The van der Waals surface area contributed by atoms with Crippen LogP contribution >= 0.6 is 0 Å². The Labute approximate surface area is 282 Å². The van der Waals surface area contributed by atoms with Gasteiger partial charge in [0.15, 0.2) is 17.5 Å². The van der Waals surface area contributed by atoms with Gasteiger partial charge in [-0.2, -0.15) is 0 Å². The van der Waals surface area contributed by atoms with Gasteiger partial charge in [0.05, 0.1) is 0 Å². The third kappa shape index (κ3) is 4.49. The SMILES string of the molecule is c1ccc(-c2nc(-c3cccc(-c4cccc5oc6ccccc6c45)c3)nc(-c3cccc4c3ccc3ccc5ccccc5c34)n2)cc1. The monoisotopic (exact) mass is 625 g/mol. The molecule has 228 valence electrons. The average molecular weight is 626 g/mol. The number of benzene rings is 8. The summed E-state index contributed by atoms with van der Waals surface area (Å²) < 4.78 is 6.21. The van der Waals surface area contributed by atoms with Gasteiger partial charge in [0.1, 0.15) is 11.2 Å². The summed E-state index contributed by atoms with van der Waals surface area (Å²) in [4.78, 5) is 15.4. The largest absolute Gasteiger partial charge is 0.456 e. The molecule has 0 bridgehead atoms. The van der Waals surface area contributed by atoms with E-state index in [1.165, 1.54) is 26.9 Å². The third-order valence-corrected chi connectivity index (χ3v) is 9.51. The lowest BCUT2D eigenvalue weighted by molar-refractivity contribution is 0.669. The Morgan fingerprint density at radius 3 is 1.86 bits per heavy atom. The molecule has 0 atom stereocenters. The fourth-order valence-corrected chi connectivity index (χ4v) is 7.24. The molecule has 0 unspecified atom stereocenters. The molecule has 0 amide bonds. The lowest BCUT2D eigenvalue weighted by Crippen LogP contribution is -2.00. The van der Waals surface area contributed by atoms with Crippen molar-refractivity contribution in [3.8, 4) is 45.3 Å². The van der Waals surface area contributed by atoms with Crippen molar-refractivity contribution in [2.45, 2.75) is 0 Å². The van der Waals surface area contributed by atoms with Crippen molar-refractivity contribution in [3.63, 3.8) is 0 Å². The molecule has 0 aliphatic rings. The van der Waals surface area contributed by atoms with Gasteiger partial charge in [-0.25, -0.2) is 15.0 Å². The number of aromatic nitrogens is 3. The van der Waals surface area contributed by atoms with Crippen molar-refractivity contribution in [3.05, 3.63) is 164 Å². The fraction of sp³-hybridized carbons (Fsp3) is 0. The minimum absolute atomic E-state index is 0.623. The second-order valence-corrected chi connectivity index (χ2v) is 12.4. The van der Waals surface area contributed by atoms with Crippen molar-refractivity contribution in [2.24, 2.45) is 0 Å². The lowest BCUT2D eigenvalue weighted by Gasteiger charge is -2.13. The smallest absolute Gasteiger partial charge is 0.164 e. The standard InChI is InChI=1S/C45H27N3O/c1-2-12-30(13-3-1)43-46-44(32-15-8-14-31(27-32)34-18-10-22-40-42(34)38-17-6-7-21-39(38)49-40)48-45(47-43)37-20-9-19-36-35(37)26-25-29-24-23-28-11-4-5-16-33(28)41(29)36/h1-27H. The van der Waals surface area contributed by atoms with Gasteiger partial charge < -0.3 is 4.42 Å². The minimum Gasteiger partial charge on any atom is -0.456 e. The Hall–Kier alpha value is -6.65. The predicted molar refractivity (Wildman–Crippen MR) is 201 cm³/mol. The van der Waals surface area contributed by atoms with Crippen LogP contribution < -0.4 is 0 Å². The molecule has 0 spiro atoms. The van der Waals surface area contributed by atoms with Gasteiger partial charge in [0.2, 0.25) is 0 Å². The molecule has 4 heteroatoms. The van der Waals surface area contributed by atoms with Gasteiger partial charge in [-0.05, 0) is 61.6 Å². The first-order chi connectivity index (χ1) is 24.3. The predicted octanol–water partition coefficient (Wildman–Crippen LogP) is 11.9. The quantitative estimate of drug-likeness (QED) is 0.183. The molecule has 0 saturated heterocycles. The molecule has 2 aromatic heterocycles. The van der Waals surface area contributed by atoms with Crippen molar-refractivity contribution in [1.82, 2.24) is 15.0 Å². The van der Waals surface area contributed by atoms with E-state index in [2.05, 4.69) is 115 Å². The lowest BCUT2D eigenvalue weighted by atomic mass is 9.94. The minimum atomic E-state index is 0.623. The molecule has 0 aliphatic carbocycles. The first kappa shape index (κ1) is 27.5. The highest BCUT2D eigenvalue weighted by Gasteiger charge is 2.17. The van der Waals surface area contributed by atoms with E-state index in [0.29, 0.717) is 17.5 Å². The summed E-state index contributed by atoms with van der Waals surface area (Å²) in [6.07, 6.45) is 0. The van der Waals surface area contributed by atoms with Crippen LogP contribution in [-0.4, -0.2) is 15.0 Å². The Balaban J connectivity index is 1.19. The second-order valence-electron chi connectivity index (χ2n) is 12.4. The first-order valence-corrected chi connectivity index (χ1v) is 16.4. The zero-order chi connectivity index (χ0) is 32.3. The van der Waals surface area contributed by atoms with Crippen LogP contribution in [0.4, 0.5) is 0 Å². The van der Waals surface area contributed by atoms with Crippen molar-refractivity contribution in [2.75, 3.05) is 0 Å². The van der Waals surface area contributed by atoms with Gasteiger partial charge in [0.25, 0.3) is 0 Å². The number of hydrogen-bond donors (Lipinski definition) is 0. The highest BCUT2D eigenvalue weighted by atomic mass is 16.3. The zero-order valence-corrected chi connectivity index (χ0v) is 26.3. The number of nitrogens with zero attached hydrogens (tertiary/aromatic N) is 3. The number of fused-ring (bicyclic) bond motifs is 8. The van der Waals surface area contributed by atoms with Gasteiger partial charge in [-0.1, -0.05) is 146 Å². The number of para-hydroxylation sites is 1. The average Bonchev–Trinajstić information content (AvgIpc) is 3.56. The fourth-order valence-electron chi connectivity index (χ4n) is 7.24. The highest BCUT2D eigenvalue weighted by Crippen LogP contribution is 2.39. The molecule has 4 nitrogen and oxygen atoms in total. The summed E-state index contributed by atoms with van der Waals surface area (Å²) in [5.74, 6) is 1.90. The maximum Gasteiger partial charge on any atom is 0.164 e. The highest BCUT2D eigenvalue weighted by molar-refractivity contribution is 6.22. The molecule has 49 heavy (non-hydrogen) atoms. The normalized spacial score (nSPS) is 11.7. The van der Waals surface area contributed by atoms with E-state index in [-0.39, 0.29) is 0 Å². The Bertz CT molecular complexity index is 2890. The summed E-state index contributed by atoms with van der Waals surface area (Å²) >= 11 is 0. The maximum absolute atomic E-state index is 6.21. The third-order valence-electron chi connectivity index (χ3n) is 9.51. The topological polar surface area (TPSA) is 51.8 Å². The second kappa shape index (κ2) is 11.0. The Morgan fingerprint density at radius 2 is 0.939 bits per heavy atom. The Kier molecular flexibility index (Phi) is 6.15. The number of hydrogen-bond acceptors (Lipinski definition) is 4. The van der Waals surface area contributed by atoms with Gasteiger partial charge in [-0.15, -0.1) is 0 Å². The van der Waals surface area contributed by atoms with Crippen molar-refractivity contribution >= 4 is 54.3 Å². The molecule has 0 N–H and O–H groups in total. The van der Waals surface area contributed by atoms with E-state index in [0.717, 1.165) is 55.1 Å². The number of rotatable bonds is 4. The molecule has 8 aromatic carbocycles. The van der Waals surface area contributed by atoms with E-state index < -0.39 is 0 Å². The van der Waals surface area contributed by atoms with Crippen LogP contribution in [0.25, 0.3) is 99.5 Å². The van der Waals surface area contributed by atoms with Crippen LogP contribution in [0.3, 0.4) is 0 Å². The summed E-state index contributed by atoms with van der Waals surface area (Å²) in [5.41, 5.74) is 6.76. The summed E-state index contributed by atoms with van der Waals surface area (Å²) in [6.45, 7) is 0. The van der Waals surface area contributed by atoms with Crippen LogP contribution in [0.1, 0.15) is 0 Å². The van der Waals surface area contributed by atoms with Crippen LogP contribution in [0.15, 0.2) is 168 Å². The van der Waals surface area contributed by atoms with Crippen LogP contribution in [0, 0.1) is 0 Å². The zero-order valence-electron chi connectivity index (χ0n) is 26.3. The van der Waals surface area contributed by atoms with Crippen LogP contribution in [0.5, 0.6) is 0 Å².